The van der Waals surface area contributed by atoms with Crippen LogP contribution in [0.4, 0.5) is 5.69 Å². The Morgan fingerprint density at radius 1 is 1.55 bits per heavy atom. The molecule has 9 nitrogen and oxygen atoms in total. The van der Waals surface area contributed by atoms with Crippen LogP contribution in [0.25, 0.3) is 0 Å². The van der Waals surface area contributed by atoms with Crippen molar-refractivity contribution in [1.29, 1.82) is 0 Å². The number of aromatic carboxylic acids is 1. The zero-order chi connectivity index (χ0) is 16.7. The minimum atomic E-state index is -1.35. The first-order valence-electron chi connectivity index (χ1n) is 6.63. The van der Waals surface area contributed by atoms with Crippen molar-refractivity contribution in [1.82, 2.24) is 15.6 Å². The van der Waals surface area contributed by atoms with Gasteiger partial charge in [0.05, 0.1) is 21.7 Å². The van der Waals surface area contributed by atoms with E-state index in [1.165, 1.54) is 0 Å². The highest BCUT2D eigenvalue weighted by Gasteiger charge is 2.46. The summed E-state index contributed by atoms with van der Waals surface area (Å²) in [6, 6.07) is 0.934. The number of amides is 1. The molecule has 1 saturated heterocycles. The van der Waals surface area contributed by atoms with Crippen molar-refractivity contribution in [3.8, 4) is 0 Å². The molecule has 2 rings (SSSR count). The number of pyridine rings is 1. The first kappa shape index (κ1) is 15.8. The summed E-state index contributed by atoms with van der Waals surface area (Å²) in [5.41, 5.74) is -1.57. The number of aromatic nitrogens is 1. The second-order valence-corrected chi connectivity index (χ2v) is 5.60. The van der Waals surface area contributed by atoms with Gasteiger partial charge in [0, 0.05) is 6.07 Å². The van der Waals surface area contributed by atoms with Gasteiger partial charge in [0.15, 0.2) is 0 Å². The van der Waals surface area contributed by atoms with E-state index in [-0.39, 0.29) is 23.1 Å². The van der Waals surface area contributed by atoms with E-state index in [1.807, 2.05) is 13.8 Å². The van der Waals surface area contributed by atoms with Gasteiger partial charge in [-0.15, -0.1) is 0 Å². The molecule has 0 aromatic carbocycles. The maximum atomic E-state index is 12.1. The molecule has 2 heterocycles. The minimum Gasteiger partial charge on any atom is -0.478 e. The molecular formula is C13H16N4O5. The van der Waals surface area contributed by atoms with E-state index in [9.17, 15) is 24.8 Å². The van der Waals surface area contributed by atoms with Crippen LogP contribution in [-0.2, 0) is 4.79 Å². The largest absolute Gasteiger partial charge is 0.478 e. The molecule has 2 atom stereocenters. The number of carbonyl (C=O) groups excluding carboxylic acids is 1. The minimum absolute atomic E-state index is 0.0378. The molecule has 0 saturated carbocycles. The fraction of sp³-hybridized carbons (Fsp3) is 0.462. The molecule has 0 bridgehead atoms. The van der Waals surface area contributed by atoms with Crippen molar-refractivity contribution in [2.45, 2.75) is 32.5 Å². The summed E-state index contributed by atoms with van der Waals surface area (Å²) in [4.78, 5) is 37.3. The van der Waals surface area contributed by atoms with E-state index >= 15 is 0 Å². The van der Waals surface area contributed by atoms with E-state index < -0.39 is 28.3 Å². The third kappa shape index (κ3) is 2.50. The molecule has 1 aliphatic heterocycles. The topological polar surface area (TPSA) is 134 Å². The Kier molecular flexibility index (Phi) is 3.84. The number of nitrogens with one attached hydrogen (secondary N) is 2. The summed E-state index contributed by atoms with van der Waals surface area (Å²) in [5, 5.41) is 25.6. The maximum Gasteiger partial charge on any atom is 0.337 e. The van der Waals surface area contributed by atoms with Crippen LogP contribution in [0.5, 0.6) is 0 Å². The van der Waals surface area contributed by atoms with Crippen molar-refractivity contribution in [3.05, 3.63) is 33.6 Å². The number of carboxylic acids is 1. The maximum absolute atomic E-state index is 12.1. The van der Waals surface area contributed by atoms with Crippen molar-refractivity contribution in [3.63, 3.8) is 0 Å². The van der Waals surface area contributed by atoms with Gasteiger partial charge in [0.25, 0.3) is 5.69 Å². The van der Waals surface area contributed by atoms with Gasteiger partial charge in [-0.1, -0.05) is 13.8 Å². The molecule has 0 aliphatic carbocycles. The molecular weight excluding hydrogens is 292 g/mol. The summed E-state index contributed by atoms with van der Waals surface area (Å²) in [5.74, 6) is -1.66. The van der Waals surface area contributed by atoms with Crippen LogP contribution in [-0.4, -0.2) is 32.4 Å². The summed E-state index contributed by atoms with van der Waals surface area (Å²) in [6.45, 7) is 5.42. The number of hydrogen-bond donors (Lipinski definition) is 3. The van der Waals surface area contributed by atoms with Gasteiger partial charge in [-0.05, 0) is 12.8 Å². The van der Waals surface area contributed by atoms with Crippen molar-refractivity contribution < 1.29 is 19.6 Å². The first-order valence-corrected chi connectivity index (χ1v) is 6.63. The van der Waals surface area contributed by atoms with Crippen molar-refractivity contribution in [2.75, 3.05) is 0 Å². The van der Waals surface area contributed by atoms with E-state index in [1.54, 1.807) is 6.92 Å². The molecule has 22 heavy (non-hydrogen) atoms. The van der Waals surface area contributed by atoms with E-state index in [2.05, 4.69) is 15.6 Å². The van der Waals surface area contributed by atoms with Crippen LogP contribution in [0.15, 0.2) is 12.3 Å². The number of rotatable bonds is 4. The summed E-state index contributed by atoms with van der Waals surface area (Å²) in [7, 11) is 0. The molecule has 0 radical (unpaired) electrons. The number of nitrogens with zero attached hydrogens (tertiary/aromatic N) is 2. The normalized spacial score (nSPS) is 24.4. The molecule has 3 N–H and O–H groups in total. The standard InChI is InChI=1S/C13H16N4O5/c1-6(2)13(3)12(20)15-10(16-13)9-8(11(18)19)4-7(5-14-9)17(21)22/h4-6,10,16H,1-3H3,(H,15,20)(H,18,19). The van der Waals surface area contributed by atoms with E-state index in [0.717, 1.165) is 12.3 Å². The lowest BCUT2D eigenvalue weighted by atomic mass is 9.89. The predicted octanol–water partition coefficient (Wildman–Crippen LogP) is 0.821. The predicted molar refractivity (Wildman–Crippen MR) is 75.1 cm³/mol. The van der Waals surface area contributed by atoms with Crippen LogP contribution in [0.1, 0.15) is 43.0 Å². The second-order valence-electron chi connectivity index (χ2n) is 5.60. The molecule has 1 aromatic heterocycles. The third-order valence-electron chi connectivity index (χ3n) is 3.96. The van der Waals surface area contributed by atoms with E-state index in [0.29, 0.717) is 0 Å². The zero-order valence-corrected chi connectivity index (χ0v) is 12.3. The van der Waals surface area contributed by atoms with Crippen LogP contribution in [0.2, 0.25) is 0 Å². The average Bonchev–Trinajstić information content (AvgIpc) is 2.75. The quantitative estimate of drug-likeness (QED) is 0.553. The molecule has 118 valence electrons. The number of hydrogen-bond acceptors (Lipinski definition) is 6. The second kappa shape index (κ2) is 5.34. The Hall–Kier alpha value is -2.55. The number of carbonyl (C=O) groups is 2. The first-order chi connectivity index (χ1) is 10.2. The Morgan fingerprint density at radius 3 is 2.64 bits per heavy atom. The van der Waals surface area contributed by atoms with Crippen molar-refractivity contribution in [2.24, 2.45) is 5.92 Å². The Morgan fingerprint density at radius 2 is 2.18 bits per heavy atom. The van der Waals surface area contributed by atoms with Crippen LogP contribution in [0, 0.1) is 16.0 Å². The molecule has 2 unspecified atom stereocenters. The molecule has 1 fully saturated rings. The molecule has 0 spiro atoms. The third-order valence-corrected chi connectivity index (χ3v) is 3.96. The molecule has 1 aliphatic rings. The van der Waals surface area contributed by atoms with Gasteiger partial charge in [-0.2, -0.15) is 0 Å². The van der Waals surface area contributed by atoms with Crippen LogP contribution < -0.4 is 10.6 Å². The molecule has 1 aromatic rings. The van der Waals surface area contributed by atoms with Crippen LogP contribution >= 0.6 is 0 Å². The van der Waals surface area contributed by atoms with E-state index in [4.69, 9.17) is 0 Å². The van der Waals surface area contributed by atoms with Crippen molar-refractivity contribution >= 4 is 17.6 Å². The van der Waals surface area contributed by atoms with Crippen LogP contribution in [0.3, 0.4) is 0 Å². The summed E-state index contributed by atoms with van der Waals surface area (Å²) < 4.78 is 0. The SMILES string of the molecule is CC(C)C1(C)NC(c2ncc([N+](=O)[O-])cc2C(=O)O)NC1=O. The van der Waals surface area contributed by atoms with Gasteiger partial charge >= 0.3 is 5.97 Å². The number of nitro groups is 1. The highest BCUT2D eigenvalue weighted by molar-refractivity contribution is 5.92. The lowest BCUT2D eigenvalue weighted by Gasteiger charge is -2.26. The van der Waals surface area contributed by atoms with Gasteiger partial charge in [-0.25, -0.2) is 9.78 Å². The Balaban J connectivity index is 2.44. The fourth-order valence-corrected chi connectivity index (χ4v) is 2.21. The average molecular weight is 308 g/mol. The highest BCUT2D eigenvalue weighted by Crippen LogP contribution is 2.29. The summed E-state index contributed by atoms with van der Waals surface area (Å²) >= 11 is 0. The number of carboxylic acid groups (broad SMARTS) is 1. The lowest BCUT2D eigenvalue weighted by Crippen LogP contribution is -2.48. The monoisotopic (exact) mass is 308 g/mol. The van der Waals surface area contributed by atoms with Gasteiger partial charge in [0.2, 0.25) is 5.91 Å². The van der Waals surface area contributed by atoms with Gasteiger partial charge in [-0.3, -0.25) is 20.2 Å². The molecule has 9 heteroatoms. The Labute approximate surface area is 125 Å². The molecule has 1 amide bonds. The smallest absolute Gasteiger partial charge is 0.337 e. The van der Waals surface area contributed by atoms with Gasteiger partial charge in [0.1, 0.15) is 12.4 Å². The fourth-order valence-electron chi connectivity index (χ4n) is 2.21. The van der Waals surface area contributed by atoms with Gasteiger partial charge < -0.3 is 10.4 Å². The lowest BCUT2D eigenvalue weighted by molar-refractivity contribution is -0.385. The highest BCUT2D eigenvalue weighted by atomic mass is 16.6. The Bertz CT molecular complexity index is 660. The zero-order valence-electron chi connectivity index (χ0n) is 12.3. The summed E-state index contributed by atoms with van der Waals surface area (Å²) in [6.07, 6.45) is 0.160.